The predicted molar refractivity (Wildman–Crippen MR) is 80.4 cm³/mol. The van der Waals surface area contributed by atoms with E-state index in [0.29, 0.717) is 23.5 Å². The maximum absolute atomic E-state index is 12.2. The van der Waals surface area contributed by atoms with Gasteiger partial charge in [0.15, 0.2) is 11.9 Å². The number of carbonyl (C=O) groups excluding carboxylic acids is 2. The molecule has 0 spiro atoms. The summed E-state index contributed by atoms with van der Waals surface area (Å²) in [7, 11) is 0. The second kappa shape index (κ2) is 6.60. The minimum Gasteiger partial charge on any atom is -0.481 e. The fourth-order valence-electron chi connectivity index (χ4n) is 2.40. The van der Waals surface area contributed by atoms with Crippen LogP contribution in [0.5, 0.6) is 5.75 Å². The zero-order valence-electron chi connectivity index (χ0n) is 12.7. The lowest BCUT2D eigenvalue weighted by Crippen LogP contribution is -2.44. The number of rotatable bonds is 6. The van der Waals surface area contributed by atoms with Crippen molar-refractivity contribution in [3.05, 3.63) is 23.8 Å². The van der Waals surface area contributed by atoms with Gasteiger partial charge in [-0.1, -0.05) is 6.92 Å². The summed E-state index contributed by atoms with van der Waals surface area (Å²) in [5.74, 6) is -0.834. The van der Waals surface area contributed by atoms with Crippen molar-refractivity contribution in [2.45, 2.75) is 39.2 Å². The molecule has 1 heterocycles. The highest BCUT2D eigenvalue weighted by atomic mass is 16.5. The molecule has 22 heavy (non-hydrogen) atoms. The molecule has 0 fully saturated rings. The van der Waals surface area contributed by atoms with Crippen molar-refractivity contribution in [2.24, 2.45) is 0 Å². The third-order valence-electron chi connectivity index (χ3n) is 3.50. The van der Waals surface area contributed by atoms with Gasteiger partial charge < -0.3 is 14.7 Å². The Labute approximate surface area is 128 Å². The number of aliphatic carboxylic acids is 1. The third kappa shape index (κ3) is 3.27. The van der Waals surface area contributed by atoms with Gasteiger partial charge in [0.25, 0.3) is 5.91 Å². The topological polar surface area (TPSA) is 83.9 Å². The molecular weight excluding hydrogens is 286 g/mol. The number of fused-ring (bicyclic) bond motifs is 1. The summed E-state index contributed by atoms with van der Waals surface area (Å²) < 4.78 is 5.56. The van der Waals surface area contributed by atoms with E-state index in [4.69, 9.17) is 9.84 Å². The number of anilines is 1. The second-order valence-corrected chi connectivity index (χ2v) is 5.25. The highest BCUT2D eigenvalue weighted by molar-refractivity contribution is 6.03. The van der Waals surface area contributed by atoms with Crippen LogP contribution in [0.2, 0.25) is 0 Å². The van der Waals surface area contributed by atoms with Gasteiger partial charge in [-0.2, -0.15) is 0 Å². The Morgan fingerprint density at radius 1 is 1.32 bits per heavy atom. The molecule has 0 bridgehead atoms. The van der Waals surface area contributed by atoms with Crippen LogP contribution >= 0.6 is 0 Å². The van der Waals surface area contributed by atoms with Gasteiger partial charge in [0.05, 0.1) is 12.1 Å². The van der Waals surface area contributed by atoms with Crippen molar-refractivity contribution < 1.29 is 24.2 Å². The largest absolute Gasteiger partial charge is 0.481 e. The van der Waals surface area contributed by atoms with E-state index in [-0.39, 0.29) is 24.5 Å². The normalized spacial score (nSPS) is 16.9. The van der Waals surface area contributed by atoms with Gasteiger partial charge in [-0.05, 0) is 31.5 Å². The van der Waals surface area contributed by atoms with Crippen molar-refractivity contribution in [1.29, 1.82) is 0 Å². The predicted octanol–water partition coefficient (Wildman–Crippen LogP) is 2.26. The molecule has 6 heteroatoms. The minimum atomic E-state index is -1.01. The average Bonchev–Trinajstić information content (AvgIpc) is 2.49. The zero-order valence-corrected chi connectivity index (χ0v) is 12.7. The molecule has 1 atom stereocenters. The van der Waals surface area contributed by atoms with Gasteiger partial charge in [-0.15, -0.1) is 0 Å². The molecule has 0 radical (unpaired) electrons. The van der Waals surface area contributed by atoms with Gasteiger partial charge in [0, 0.05) is 18.5 Å². The first kappa shape index (κ1) is 16.0. The lowest BCUT2D eigenvalue weighted by Gasteiger charge is -2.33. The summed E-state index contributed by atoms with van der Waals surface area (Å²) in [5.41, 5.74) is 0.971. The fourth-order valence-corrected chi connectivity index (χ4v) is 2.40. The van der Waals surface area contributed by atoms with Crippen LogP contribution in [0, 0.1) is 0 Å². The maximum atomic E-state index is 12.2. The first-order valence-electron chi connectivity index (χ1n) is 7.31. The van der Waals surface area contributed by atoms with Gasteiger partial charge in [-0.3, -0.25) is 14.4 Å². The SMILES string of the molecule is CCCN1C(=O)C(C)Oc2ccc(C(=O)CCC(=O)O)cc21. The number of amides is 1. The number of Topliss-reactive ketones (excluding diaryl/α,β-unsaturated/α-hetero) is 1. The number of nitrogens with zero attached hydrogens (tertiary/aromatic N) is 1. The monoisotopic (exact) mass is 305 g/mol. The molecule has 1 amide bonds. The first-order valence-corrected chi connectivity index (χ1v) is 7.31. The van der Waals surface area contributed by atoms with E-state index in [2.05, 4.69) is 0 Å². The van der Waals surface area contributed by atoms with Crippen LogP contribution < -0.4 is 9.64 Å². The highest BCUT2D eigenvalue weighted by Crippen LogP contribution is 2.35. The first-order chi connectivity index (χ1) is 10.4. The number of benzene rings is 1. The standard InChI is InChI=1S/C16H19NO5/c1-3-8-17-12-9-11(13(18)5-7-15(19)20)4-6-14(12)22-10(2)16(17)21/h4,6,9-10H,3,5,7-8H2,1-2H3,(H,19,20). The van der Waals surface area contributed by atoms with Crippen molar-refractivity contribution in [3.63, 3.8) is 0 Å². The Balaban J connectivity index is 2.30. The molecule has 0 aromatic heterocycles. The third-order valence-corrected chi connectivity index (χ3v) is 3.50. The summed E-state index contributed by atoms with van der Waals surface area (Å²) in [5, 5.41) is 8.65. The van der Waals surface area contributed by atoms with Crippen LogP contribution in [0.4, 0.5) is 5.69 Å². The molecule has 118 valence electrons. The molecule has 0 saturated heterocycles. The van der Waals surface area contributed by atoms with E-state index in [1.807, 2.05) is 6.92 Å². The van der Waals surface area contributed by atoms with E-state index in [1.165, 1.54) is 0 Å². The van der Waals surface area contributed by atoms with Gasteiger partial charge in [-0.25, -0.2) is 0 Å². The van der Waals surface area contributed by atoms with Crippen molar-refractivity contribution >= 4 is 23.3 Å². The maximum Gasteiger partial charge on any atom is 0.303 e. The van der Waals surface area contributed by atoms with E-state index in [1.54, 1.807) is 30.0 Å². The lowest BCUT2D eigenvalue weighted by atomic mass is 10.0. The van der Waals surface area contributed by atoms with Crippen molar-refractivity contribution in [3.8, 4) is 5.75 Å². The molecular formula is C16H19NO5. The van der Waals surface area contributed by atoms with Crippen LogP contribution in [0.15, 0.2) is 18.2 Å². The van der Waals surface area contributed by atoms with E-state index in [0.717, 1.165) is 6.42 Å². The second-order valence-electron chi connectivity index (χ2n) is 5.25. The zero-order chi connectivity index (χ0) is 16.3. The van der Waals surface area contributed by atoms with Crippen LogP contribution in [-0.4, -0.2) is 35.4 Å². The summed E-state index contributed by atoms with van der Waals surface area (Å²) in [6.07, 6.45) is -0.0314. The Bertz CT molecular complexity index is 611. The molecule has 1 aromatic carbocycles. The molecule has 1 aromatic rings. The molecule has 6 nitrogen and oxygen atoms in total. The van der Waals surface area contributed by atoms with E-state index >= 15 is 0 Å². The van der Waals surface area contributed by atoms with E-state index in [9.17, 15) is 14.4 Å². The number of hydrogen-bond acceptors (Lipinski definition) is 4. The van der Waals surface area contributed by atoms with Crippen LogP contribution in [0.3, 0.4) is 0 Å². The number of carboxylic acids is 1. The number of carboxylic acid groups (broad SMARTS) is 1. The number of carbonyl (C=O) groups is 3. The molecule has 1 aliphatic heterocycles. The number of ketones is 1. The Morgan fingerprint density at radius 3 is 2.68 bits per heavy atom. The van der Waals surface area contributed by atoms with Gasteiger partial charge >= 0.3 is 5.97 Å². The van der Waals surface area contributed by atoms with Crippen LogP contribution in [-0.2, 0) is 9.59 Å². The molecule has 1 unspecified atom stereocenters. The summed E-state index contributed by atoms with van der Waals surface area (Å²) >= 11 is 0. The van der Waals surface area contributed by atoms with E-state index < -0.39 is 12.1 Å². The molecule has 0 saturated carbocycles. The Kier molecular flexibility index (Phi) is 4.80. The minimum absolute atomic E-state index is 0.0624. The summed E-state index contributed by atoms with van der Waals surface area (Å²) in [4.78, 5) is 36.4. The van der Waals surface area contributed by atoms with Gasteiger partial charge in [0.1, 0.15) is 5.75 Å². The summed E-state index contributed by atoms with van der Waals surface area (Å²) in [6.45, 7) is 4.21. The average molecular weight is 305 g/mol. The van der Waals surface area contributed by atoms with Crippen LogP contribution in [0.1, 0.15) is 43.5 Å². The number of ether oxygens (including phenoxy) is 1. The number of hydrogen-bond donors (Lipinski definition) is 1. The molecule has 0 aliphatic carbocycles. The molecule has 2 rings (SSSR count). The van der Waals surface area contributed by atoms with Crippen molar-refractivity contribution in [1.82, 2.24) is 0 Å². The summed E-state index contributed by atoms with van der Waals surface area (Å²) in [6, 6.07) is 4.88. The fraction of sp³-hybridized carbons (Fsp3) is 0.438. The molecule has 1 aliphatic rings. The Hall–Kier alpha value is -2.37. The van der Waals surface area contributed by atoms with Crippen molar-refractivity contribution in [2.75, 3.05) is 11.4 Å². The van der Waals surface area contributed by atoms with Crippen LogP contribution in [0.25, 0.3) is 0 Å². The lowest BCUT2D eigenvalue weighted by molar-refractivity contribution is -0.137. The quantitative estimate of drug-likeness (QED) is 0.815. The molecule has 1 N–H and O–H groups in total. The smallest absolute Gasteiger partial charge is 0.303 e. The highest BCUT2D eigenvalue weighted by Gasteiger charge is 2.31. The van der Waals surface area contributed by atoms with Gasteiger partial charge in [0.2, 0.25) is 0 Å². The Morgan fingerprint density at radius 2 is 2.05 bits per heavy atom.